The molecule has 0 fully saturated rings. The quantitative estimate of drug-likeness (QED) is 0.515. The van der Waals surface area contributed by atoms with Gasteiger partial charge in [-0.25, -0.2) is 0 Å². The van der Waals surface area contributed by atoms with Gasteiger partial charge in [0.15, 0.2) is 0 Å². The Bertz CT molecular complexity index is 871. The monoisotopic (exact) mass is 335 g/mol. The fourth-order valence-electron chi connectivity index (χ4n) is 2.80. The molecule has 128 valence electrons. The molecule has 0 spiro atoms. The molecule has 0 aliphatic heterocycles. The maximum atomic E-state index is 12.3. The fourth-order valence-corrected chi connectivity index (χ4v) is 2.80. The SMILES string of the molecule is CN(CCNC(=O)C(=O)c1c[nH]c2ccccc12)Cc1ccccc1. The average Bonchev–Trinajstić information content (AvgIpc) is 3.06. The van der Waals surface area contributed by atoms with Crippen LogP contribution in [0.3, 0.4) is 0 Å². The highest BCUT2D eigenvalue weighted by atomic mass is 16.2. The minimum absolute atomic E-state index is 0.408. The van der Waals surface area contributed by atoms with Gasteiger partial charge in [-0.2, -0.15) is 0 Å². The summed E-state index contributed by atoms with van der Waals surface area (Å²) in [5.41, 5.74) is 2.47. The Balaban J connectivity index is 1.51. The van der Waals surface area contributed by atoms with Crippen molar-refractivity contribution in [3.63, 3.8) is 0 Å². The van der Waals surface area contributed by atoms with Gasteiger partial charge in [0.25, 0.3) is 11.7 Å². The van der Waals surface area contributed by atoms with E-state index in [0.717, 1.165) is 17.4 Å². The van der Waals surface area contributed by atoms with Crippen LogP contribution in [0.5, 0.6) is 0 Å². The summed E-state index contributed by atoms with van der Waals surface area (Å²) >= 11 is 0. The summed E-state index contributed by atoms with van der Waals surface area (Å²) in [6, 6.07) is 17.6. The molecule has 0 saturated heterocycles. The van der Waals surface area contributed by atoms with Gasteiger partial charge in [0.1, 0.15) is 0 Å². The van der Waals surface area contributed by atoms with Crippen LogP contribution in [-0.4, -0.2) is 41.7 Å². The van der Waals surface area contributed by atoms with Crippen LogP contribution in [0, 0.1) is 0 Å². The van der Waals surface area contributed by atoms with E-state index in [1.807, 2.05) is 49.5 Å². The number of ketones is 1. The van der Waals surface area contributed by atoms with Gasteiger partial charge in [0, 0.05) is 36.7 Å². The lowest BCUT2D eigenvalue weighted by Gasteiger charge is -2.16. The average molecular weight is 335 g/mol. The highest BCUT2D eigenvalue weighted by Gasteiger charge is 2.19. The Hall–Kier alpha value is -2.92. The van der Waals surface area contributed by atoms with Crippen molar-refractivity contribution in [1.29, 1.82) is 0 Å². The van der Waals surface area contributed by atoms with Gasteiger partial charge < -0.3 is 15.2 Å². The van der Waals surface area contributed by atoms with E-state index < -0.39 is 11.7 Å². The van der Waals surface area contributed by atoms with Crippen molar-refractivity contribution < 1.29 is 9.59 Å². The van der Waals surface area contributed by atoms with Crippen LogP contribution in [0.25, 0.3) is 10.9 Å². The van der Waals surface area contributed by atoms with Crippen molar-refractivity contribution in [2.45, 2.75) is 6.54 Å². The Morgan fingerprint density at radius 2 is 1.76 bits per heavy atom. The fraction of sp³-hybridized carbons (Fsp3) is 0.200. The number of likely N-dealkylation sites (N-methyl/N-ethyl adjacent to an activating group) is 1. The van der Waals surface area contributed by atoms with Gasteiger partial charge in [-0.15, -0.1) is 0 Å². The molecule has 0 aliphatic rings. The first-order chi connectivity index (χ1) is 12.1. The maximum Gasteiger partial charge on any atom is 0.292 e. The number of fused-ring (bicyclic) bond motifs is 1. The van der Waals surface area contributed by atoms with Gasteiger partial charge >= 0.3 is 0 Å². The third kappa shape index (κ3) is 4.14. The minimum Gasteiger partial charge on any atom is -0.360 e. The van der Waals surface area contributed by atoms with Crippen molar-refractivity contribution in [1.82, 2.24) is 15.2 Å². The molecule has 3 rings (SSSR count). The van der Waals surface area contributed by atoms with E-state index in [1.54, 1.807) is 6.20 Å². The molecule has 0 atom stereocenters. The van der Waals surface area contributed by atoms with Crippen LogP contribution in [0.1, 0.15) is 15.9 Å². The summed E-state index contributed by atoms with van der Waals surface area (Å²) < 4.78 is 0. The zero-order chi connectivity index (χ0) is 17.6. The molecular weight excluding hydrogens is 314 g/mol. The van der Waals surface area contributed by atoms with E-state index in [0.29, 0.717) is 18.7 Å². The van der Waals surface area contributed by atoms with E-state index >= 15 is 0 Å². The van der Waals surface area contributed by atoms with Gasteiger partial charge in [0.05, 0.1) is 5.56 Å². The Morgan fingerprint density at radius 3 is 2.56 bits per heavy atom. The van der Waals surface area contributed by atoms with E-state index in [2.05, 4.69) is 27.3 Å². The maximum absolute atomic E-state index is 12.3. The number of rotatable bonds is 7. The molecule has 0 unspecified atom stereocenters. The number of H-pyrrole nitrogens is 1. The normalized spacial score (nSPS) is 11.0. The van der Waals surface area contributed by atoms with Gasteiger partial charge in [-0.1, -0.05) is 48.5 Å². The molecule has 0 saturated carbocycles. The summed E-state index contributed by atoms with van der Waals surface area (Å²) in [7, 11) is 1.99. The number of nitrogens with one attached hydrogen (secondary N) is 2. The molecule has 5 nitrogen and oxygen atoms in total. The summed E-state index contributed by atoms with van der Waals surface area (Å²) in [6.45, 7) is 1.89. The first-order valence-electron chi connectivity index (χ1n) is 8.26. The first kappa shape index (κ1) is 16.9. The van der Waals surface area contributed by atoms with Crippen LogP contribution >= 0.6 is 0 Å². The standard InChI is InChI=1S/C20H21N3O2/c1-23(14-15-7-3-2-4-8-15)12-11-21-20(25)19(24)17-13-22-18-10-6-5-9-16(17)18/h2-10,13,22H,11-12,14H2,1H3,(H,21,25). The molecule has 0 radical (unpaired) electrons. The van der Waals surface area contributed by atoms with Crippen molar-refractivity contribution in [2.24, 2.45) is 0 Å². The summed E-state index contributed by atoms with van der Waals surface area (Å²) in [5, 5.41) is 3.48. The number of carbonyl (C=O) groups is 2. The highest BCUT2D eigenvalue weighted by molar-refractivity contribution is 6.44. The predicted molar refractivity (Wildman–Crippen MR) is 98.4 cm³/mol. The largest absolute Gasteiger partial charge is 0.360 e. The lowest BCUT2D eigenvalue weighted by atomic mass is 10.1. The molecule has 25 heavy (non-hydrogen) atoms. The number of carbonyl (C=O) groups excluding carboxylic acids is 2. The van der Waals surface area contributed by atoms with Crippen molar-refractivity contribution in [2.75, 3.05) is 20.1 Å². The molecule has 5 heteroatoms. The first-order valence-corrected chi connectivity index (χ1v) is 8.26. The number of aromatic amines is 1. The van der Waals surface area contributed by atoms with Crippen molar-refractivity contribution in [3.8, 4) is 0 Å². The smallest absolute Gasteiger partial charge is 0.292 e. The third-order valence-electron chi connectivity index (χ3n) is 4.11. The Labute approximate surface area is 146 Å². The predicted octanol–water partition coefficient (Wildman–Crippen LogP) is 2.60. The molecule has 2 N–H and O–H groups in total. The van der Waals surface area contributed by atoms with E-state index in [-0.39, 0.29) is 0 Å². The Morgan fingerprint density at radius 1 is 1.04 bits per heavy atom. The van der Waals surface area contributed by atoms with Gasteiger partial charge in [-0.05, 0) is 18.7 Å². The van der Waals surface area contributed by atoms with E-state index in [4.69, 9.17) is 0 Å². The summed E-state index contributed by atoms with van der Waals surface area (Å²) in [6.07, 6.45) is 1.59. The van der Waals surface area contributed by atoms with Gasteiger partial charge in [-0.3, -0.25) is 9.59 Å². The van der Waals surface area contributed by atoms with Crippen molar-refractivity contribution in [3.05, 3.63) is 71.9 Å². The number of amides is 1. The summed E-state index contributed by atoms with van der Waals surface area (Å²) in [4.78, 5) is 29.6. The summed E-state index contributed by atoms with van der Waals surface area (Å²) in [5.74, 6) is -1.08. The zero-order valence-electron chi connectivity index (χ0n) is 14.2. The molecule has 1 amide bonds. The molecular formula is C20H21N3O2. The second-order valence-electron chi connectivity index (χ2n) is 6.06. The molecule has 3 aromatic rings. The van der Waals surface area contributed by atoms with Gasteiger partial charge in [0.2, 0.25) is 0 Å². The topological polar surface area (TPSA) is 65.2 Å². The number of nitrogens with zero attached hydrogens (tertiary/aromatic N) is 1. The van der Waals surface area contributed by atoms with Crippen LogP contribution in [0.2, 0.25) is 0 Å². The van der Waals surface area contributed by atoms with E-state index in [1.165, 1.54) is 5.56 Å². The van der Waals surface area contributed by atoms with Crippen LogP contribution in [-0.2, 0) is 11.3 Å². The second kappa shape index (κ2) is 7.77. The van der Waals surface area contributed by atoms with E-state index in [9.17, 15) is 9.59 Å². The van der Waals surface area contributed by atoms with Crippen LogP contribution < -0.4 is 5.32 Å². The molecule has 0 aliphatic carbocycles. The number of para-hydroxylation sites is 1. The molecule has 2 aromatic carbocycles. The highest BCUT2D eigenvalue weighted by Crippen LogP contribution is 2.18. The number of Topliss-reactive ketones (excluding diaryl/α,β-unsaturated/α-hetero) is 1. The minimum atomic E-state index is -0.571. The lowest BCUT2D eigenvalue weighted by molar-refractivity contribution is -0.117. The Kier molecular flexibility index (Phi) is 5.26. The molecule has 1 heterocycles. The number of hydrogen-bond acceptors (Lipinski definition) is 3. The molecule has 1 aromatic heterocycles. The zero-order valence-corrected chi connectivity index (χ0v) is 14.2. The second-order valence-corrected chi connectivity index (χ2v) is 6.06. The number of hydrogen-bond donors (Lipinski definition) is 2. The number of aromatic nitrogens is 1. The number of benzene rings is 2. The lowest BCUT2D eigenvalue weighted by Crippen LogP contribution is -2.36. The van der Waals surface area contributed by atoms with Crippen LogP contribution in [0.4, 0.5) is 0 Å². The molecule has 0 bridgehead atoms. The third-order valence-corrected chi connectivity index (χ3v) is 4.11. The van der Waals surface area contributed by atoms with Crippen LogP contribution in [0.15, 0.2) is 60.8 Å². The van der Waals surface area contributed by atoms with Crippen molar-refractivity contribution >= 4 is 22.6 Å².